The summed E-state index contributed by atoms with van der Waals surface area (Å²) in [6, 6.07) is 0. The summed E-state index contributed by atoms with van der Waals surface area (Å²) in [7, 11) is 3.94. The van der Waals surface area contributed by atoms with Gasteiger partial charge in [0.05, 0.1) is 0 Å². The van der Waals surface area contributed by atoms with Crippen molar-refractivity contribution < 1.29 is 4.79 Å². The van der Waals surface area contributed by atoms with Gasteiger partial charge in [0.2, 0.25) is 0 Å². The van der Waals surface area contributed by atoms with Crippen LogP contribution in [-0.2, 0) is 4.79 Å². The van der Waals surface area contributed by atoms with E-state index in [9.17, 15) is 4.79 Å². The van der Waals surface area contributed by atoms with Crippen LogP contribution in [0.15, 0.2) is 47.7 Å². The van der Waals surface area contributed by atoms with Gasteiger partial charge in [0.25, 0.3) is 0 Å². The van der Waals surface area contributed by atoms with E-state index in [1.165, 1.54) is 6.08 Å². The lowest BCUT2D eigenvalue weighted by Crippen LogP contribution is -2.02. The van der Waals surface area contributed by atoms with Crippen molar-refractivity contribution in [1.82, 2.24) is 4.90 Å². The molecule has 2 nitrogen and oxygen atoms in total. The molecule has 2 heteroatoms. The molecular weight excluding hydrogens is 162 g/mol. The van der Waals surface area contributed by atoms with Gasteiger partial charge >= 0.3 is 0 Å². The minimum atomic E-state index is 0.784. The zero-order valence-electron chi connectivity index (χ0n) is 7.90. The molecule has 0 fully saturated rings. The Morgan fingerprint density at radius 1 is 1.38 bits per heavy atom. The highest BCUT2D eigenvalue weighted by atomic mass is 16.1. The molecule has 1 rings (SSSR count). The minimum Gasteiger partial charge on any atom is -0.383 e. The molecule has 1 aliphatic carbocycles. The van der Waals surface area contributed by atoms with Crippen LogP contribution in [0, 0.1) is 0 Å². The molecule has 0 atom stereocenters. The van der Waals surface area contributed by atoms with Gasteiger partial charge in [-0.05, 0) is 17.2 Å². The second-order valence-corrected chi connectivity index (χ2v) is 3.02. The number of allylic oxidation sites excluding steroid dienone is 7. The fourth-order valence-corrected chi connectivity index (χ4v) is 1.14. The monoisotopic (exact) mass is 175 g/mol. The molecule has 0 aliphatic heterocycles. The van der Waals surface area contributed by atoms with Gasteiger partial charge in [-0.15, -0.1) is 0 Å². The molecule has 0 unspecified atom stereocenters. The summed E-state index contributed by atoms with van der Waals surface area (Å²) < 4.78 is 0. The molecule has 0 radical (unpaired) electrons. The maximum Gasteiger partial charge on any atom is 0.142 e. The summed E-state index contributed by atoms with van der Waals surface area (Å²) in [5.41, 5.74) is 2.20. The zero-order chi connectivity index (χ0) is 9.68. The third-order valence-electron chi connectivity index (χ3n) is 1.64. The Hall–Kier alpha value is -1.57. The van der Waals surface area contributed by atoms with E-state index in [0.717, 1.165) is 17.4 Å². The van der Waals surface area contributed by atoms with Gasteiger partial charge in [0.1, 0.15) is 6.29 Å². The Bertz CT molecular complexity index is 306. The first-order chi connectivity index (χ1) is 6.24. The van der Waals surface area contributed by atoms with E-state index in [-0.39, 0.29) is 0 Å². The van der Waals surface area contributed by atoms with Gasteiger partial charge in [-0.3, -0.25) is 4.79 Å². The Morgan fingerprint density at radius 2 is 2.15 bits per heavy atom. The predicted molar refractivity (Wildman–Crippen MR) is 54.2 cm³/mol. The van der Waals surface area contributed by atoms with Crippen LogP contribution in [0.4, 0.5) is 0 Å². The largest absolute Gasteiger partial charge is 0.383 e. The van der Waals surface area contributed by atoms with E-state index in [0.29, 0.717) is 0 Å². The summed E-state index contributed by atoms with van der Waals surface area (Å²) in [5, 5.41) is 0. The second-order valence-electron chi connectivity index (χ2n) is 3.02. The molecule has 1 aliphatic rings. The number of hydrogen-bond donors (Lipinski definition) is 0. The van der Waals surface area contributed by atoms with Crippen molar-refractivity contribution in [3.8, 4) is 0 Å². The van der Waals surface area contributed by atoms with Crippen molar-refractivity contribution in [1.29, 1.82) is 0 Å². The smallest absolute Gasteiger partial charge is 0.142 e. The number of carbonyl (C=O) groups excluding carboxylic acids is 1. The van der Waals surface area contributed by atoms with Gasteiger partial charge in [0, 0.05) is 20.3 Å². The molecule has 68 valence electrons. The molecule has 0 N–H and O–H groups in total. The molecule has 0 aromatic heterocycles. The van der Waals surface area contributed by atoms with Crippen LogP contribution in [0.5, 0.6) is 0 Å². The maximum atomic E-state index is 10.1. The molecule has 0 saturated heterocycles. The number of rotatable bonds is 3. The van der Waals surface area contributed by atoms with Crippen LogP contribution in [0.1, 0.15) is 0 Å². The fourth-order valence-electron chi connectivity index (χ4n) is 1.14. The zero-order valence-corrected chi connectivity index (χ0v) is 7.90. The summed E-state index contributed by atoms with van der Waals surface area (Å²) in [4.78, 5) is 12.1. The van der Waals surface area contributed by atoms with Crippen LogP contribution in [-0.4, -0.2) is 25.3 Å². The molecular formula is C11H13NO. The number of aldehydes is 1. The molecule has 0 bridgehead atoms. The fraction of sp³-hybridized carbons (Fsp3) is 0.182. The van der Waals surface area contributed by atoms with Crippen molar-refractivity contribution in [2.24, 2.45) is 0 Å². The molecule has 13 heavy (non-hydrogen) atoms. The van der Waals surface area contributed by atoms with E-state index in [1.807, 2.05) is 49.5 Å². The predicted octanol–water partition coefficient (Wildman–Crippen LogP) is 1.68. The van der Waals surface area contributed by atoms with E-state index in [2.05, 4.69) is 0 Å². The lowest BCUT2D eigenvalue weighted by atomic mass is 10.1. The van der Waals surface area contributed by atoms with Gasteiger partial charge in [-0.1, -0.05) is 24.3 Å². The summed E-state index contributed by atoms with van der Waals surface area (Å²) in [5.74, 6) is 0. The maximum absolute atomic E-state index is 10.1. The molecule has 0 saturated carbocycles. The van der Waals surface area contributed by atoms with Crippen LogP contribution < -0.4 is 0 Å². The molecule has 0 heterocycles. The summed E-state index contributed by atoms with van der Waals surface area (Å²) in [6.45, 7) is 0. The van der Waals surface area contributed by atoms with Crippen molar-refractivity contribution in [2.45, 2.75) is 0 Å². The van der Waals surface area contributed by atoms with E-state index < -0.39 is 0 Å². The molecule has 0 amide bonds. The molecule has 0 aromatic rings. The van der Waals surface area contributed by atoms with E-state index in [4.69, 9.17) is 0 Å². The normalized spacial score (nSPS) is 18.3. The van der Waals surface area contributed by atoms with Crippen LogP contribution in [0.3, 0.4) is 0 Å². The number of hydrogen-bond acceptors (Lipinski definition) is 2. The third kappa shape index (κ3) is 2.75. The first kappa shape index (κ1) is 9.52. The van der Waals surface area contributed by atoms with Crippen molar-refractivity contribution in [3.63, 3.8) is 0 Å². The summed E-state index contributed by atoms with van der Waals surface area (Å²) in [6.07, 6.45) is 12.1. The Morgan fingerprint density at radius 3 is 2.77 bits per heavy atom. The van der Waals surface area contributed by atoms with E-state index >= 15 is 0 Å². The highest BCUT2D eigenvalue weighted by molar-refractivity contribution is 5.68. The lowest BCUT2D eigenvalue weighted by molar-refractivity contribution is -0.104. The summed E-state index contributed by atoms with van der Waals surface area (Å²) >= 11 is 0. The minimum absolute atomic E-state index is 0.784. The van der Waals surface area contributed by atoms with Crippen LogP contribution in [0.25, 0.3) is 0 Å². The lowest BCUT2D eigenvalue weighted by Gasteiger charge is -2.06. The number of carbonyl (C=O) groups is 1. The average molecular weight is 175 g/mol. The van der Waals surface area contributed by atoms with Gasteiger partial charge < -0.3 is 4.90 Å². The highest BCUT2D eigenvalue weighted by Gasteiger charge is 2.02. The van der Waals surface area contributed by atoms with Crippen molar-refractivity contribution in [2.75, 3.05) is 14.1 Å². The molecule has 0 aromatic carbocycles. The molecule has 0 spiro atoms. The Kier molecular flexibility index (Phi) is 3.26. The Balaban J connectivity index is 2.78. The first-order valence-electron chi connectivity index (χ1n) is 4.13. The highest BCUT2D eigenvalue weighted by Crippen LogP contribution is 2.19. The number of nitrogens with zero attached hydrogens (tertiary/aromatic N) is 1. The third-order valence-corrected chi connectivity index (χ3v) is 1.64. The van der Waals surface area contributed by atoms with E-state index in [1.54, 1.807) is 0 Å². The Labute approximate surface area is 78.5 Å². The van der Waals surface area contributed by atoms with Gasteiger partial charge in [-0.25, -0.2) is 0 Å². The van der Waals surface area contributed by atoms with Crippen LogP contribution >= 0.6 is 0 Å². The quantitative estimate of drug-likeness (QED) is 0.480. The SMILES string of the molecule is CN(C)/C=C1\C=CC=C1/C=C\C=O. The standard InChI is InChI=1S/C11H13NO/c1-12(2)9-11-6-3-5-10(11)7-4-8-13/h3-9H,1-2H3/b7-4-,11-9+. The average Bonchev–Trinajstić information content (AvgIpc) is 2.48. The first-order valence-corrected chi connectivity index (χ1v) is 4.13. The topological polar surface area (TPSA) is 20.3 Å². The van der Waals surface area contributed by atoms with Crippen molar-refractivity contribution in [3.05, 3.63) is 47.7 Å². The van der Waals surface area contributed by atoms with Gasteiger partial charge in [0.15, 0.2) is 0 Å². The van der Waals surface area contributed by atoms with Crippen molar-refractivity contribution >= 4 is 6.29 Å². The van der Waals surface area contributed by atoms with Gasteiger partial charge in [-0.2, -0.15) is 0 Å². The van der Waals surface area contributed by atoms with Crippen LogP contribution in [0.2, 0.25) is 0 Å². The second kappa shape index (κ2) is 4.45.